The van der Waals surface area contributed by atoms with E-state index in [2.05, 4.69) is 52.0 Å². The van der Waals surface area contributed by atoms with E-state index in [0.29, 0.717) is 12.3 Å². The monoisotopic (exact) mass is 318 g/mol. The van der Waals surface area contributed by atoms with Crippen LogP contribution in [-0.2, 0) is 9.53 Å². The van der Waals surface area contributed by atoms with Crippen molar-refractivity contribution in [3.8, 4) is 0 Å². The molecule has 0 aromatic rings. The van der Waals surface area contributed by atoms with Crippen LogP contribution in [0, 0.1) is 11.8 Å². The van der Waals surface area contributed by atoms with E-state index in [9.17, 15) is 4.79 Å². The fraction of sp³-hybridized carbons (Fsp3) is 0.667. The minimum absolute atomic E-state index is 0.0976. The van der Waals surface area contributed by atoms with Crippen LogP contribution >= 0.6 is 0 Å². The Balaban J connectivity index is 2.89. The standard InChI is InChI=1S/C21H34O2/c1-16-9-7-10-17(2)15-18(3)11-8-12-19(4)21(5,6)23-20(22)14-13-16/h8-9,12,15,18-19H,7,10-11,13-14H2,1-6H3/b12-8+,16-9?,17-15+/t18?,19-/m0/s1. The molecule has 2 nitrogen and oxygen atoms in total. The van der Waals surface area contributed by atoms with Crippen LogP contribution in [0.2, 0.25) is 0 Å². The largest absolute Gasteiger partial charge is 0.459 e. The number of carbonyl (C=O) groups is 1. The molecule has 0 N–H and O–H groups in total. The van der Waals surface area contributed by atoms with Crippen molar-refractivity contribution in [1.82, 2.24) is 0 Å². The number of hydrogen-bond acceptors (Lipinski definition) is 2. The summed E-state index contributed by atoms with van der Waals surface area (Å²) in [6, 6.07) is 0. The Morgan fingerprint density at radius 2 is 1.78 bits per heavy atom. The predicted octanol–water partition coefficient (Wildman–Crippen LogP) is 5.99. The van der Waals surface area contributed by atoms with Gasteiger partial charge in [0.05, 0.1) is 0 Å². The van der Waals surface area contributed by atoms with E-state index < -0.39 is 5.60 Å². The first-order valence-electron chi connectivity index (χ1n) is 8.92. The number of cyclic esters (lactones) is 1. The molecule has 0 aromatic carbocycles. The summed E-state index contributed by atoms with van der Waals surface area (Å²) >= 11 is 0. The van der Waals surface area contributed by atoms with Gasteiger partial charge in [-0.05, 0) is 59.3 Å². The molecule has 1 rings (SSSR count). The highest BCUT2D eigenvalue weighted by Crippen LogP contribution is 2.25. The SMILES string of the molecule is CC1=CCC/C(C)=C/C(C)C/C=C/[C@H](C)C(C)(C)OC(=O)CC1. The third kappa shape index (κ3) is 7.67. The molecule has 0 saturated carbocycles. The van der Waals surface area contributed by atoms with E-state index in [-0.39, 0.29) is 11.9 Å². The Morgan fingerprint density at radius 1 is 1.09 bits per heavy atom. The van der Waals surface area contributed by atoms with Crippen LogP contribution in [0.1, 0.15) is 73.6 Å². The fourth-order valence-electron chi connectivity index (χ4n) is 2.75. The molecule has 2 atom stereocenters. The first kappa shape index (κ1) is 19.7. The first-order chi connectivity index (χ1) is 10.7. The molecular weight excluding hydrogens is 284 g/mol. The van der Waals surface area contributed by atoms with Crippen molar-refractivity contribution in [2.24, 2.45) is 11.8 Å². The van der Waals surface area contributed by atoms with Gasteiger partial charge in [-0.2, -0.15) is 0 Å². The number of carbonyl (C=O) groups excluding carboxylic acids is 1. The topological polar surface area (TPSA) is 26.3 Å². The fourth-order valence-corrected chi connectivity index (χ4v) is 2.75. The quantitative estimate of drug-likeness (QED) is 0.405. The zero-order chi connectivity index (χ0) is 17.5. The lowest BCUT2D eigenvalue weighted by Crippen LogP contribution is -2.34. The predicted molar refractivity (Wildman–Crippen MR) is 98.2 cm³/mol. The molecule has 23 heavy (non-hydrogen) atoms. The smallest absolute Gasteiger partial charge is 0.306 e. The number of esters is 1. The van der Waals surface area contributed by atoms with Gasteiger partial charge >= 0.3 is 5.97 Å². The van der Waals surface area contributed by atoms with Crippen molar-refractivity contribution in [2.75, 3.05) is 0 Å². The lowest BCUT2D eigenvalue weighted by atomic mass is 9.91. The van der Waals surface area contributed by atoms with E-state index in [4.69, 9.17) is 4.74 Å². The second-order valence-corrected chi connectivity index (χ2v) is 7.61. The second kappa shape index (κ2) is 9.10. The van der Waals surface area contributed by atoms with Gasteiger partial charge in [-0.25, -0.2) is 0 Å². The van der Waals surface area contributed by atoms with Crippen LogP contribution in [-0.4, -0.2) is 11.6 Å². The third-order valence-corrected chi connectivity index (χ3v) is 4.73. The van der Waals surface area contributed by atoms with Crippen LogP contribution < -0.4 is 0 Å². The molecular formula is C21H34O2. The van der Waals surface area contributed by atoms with Crippen molar-refractivity contribution < 1.29 is 9.53 Å². The lowest BCUT2D eigenvalue weighted by Gasteiger charge is -2.30. The minimum atomic E-state index is -0.461. The summed E-state index contributed by atoms with van der Waals surface area (Å²) in [5.41, 5.74) is 2.27. The van der Waals surface area contributed by atoms with Crippen LogP contribution in [0.15, 0.2) is 35.5 Å². The molecule has 1 aliphatic rings. The van der Waals surface area contributed by atoms with Gasteiger partial charge in [-0.3, -0.25) is 4.79 Å². The van der Waals surface area contributed by atoms with Gasteiger partial charge in [0.1, 0.15) is 5.60 Å². The van der Waals surface area contributed by atoms with Crippen LogP contribution in [0.4, 0.5) is 0 Å². The van der Waals surface area contributed by atoms with Crippen molar-refractivity contribution in [3.05, 3.63) is 35.5 Å². The Hall–Kier alpha value is -1.31. The molecule has 0 radical (unpaired) electrons. The summed E-state index contributed by atoms with van der Waals surface area (Å²) in [6.07, 6.45) is 13.5. The van der Waals surface area contributed by atoms with Crippen LogP contribution in [0.25, 0.3) is 0 Å². The summed E-state index contributed by atoms with van der Waals surface area (Å²) in [4.78, 5) is 12.1. The van der Waals surface area contributed by atoms with Crippen LogP contribution in [0.5, 0.6) is 0 Å². The van der Waals surface area contributed by atoms with Gasteiger partial charge in [-0.1, -0.05) is 49.3 Å². The maximum Gasteiger partial charge on any atom is 0.306 e. The van der Waals surface area contributed by atoms with E-state index >= 15 is 0 Å². The molecule has 0 aliphatic carbocycles. The van der Waals surface area contributed by atoms with Crippen molar-refractivity contribution >= 4 is 5.97 Å². The molecule has 1 unspecified atom stereocenters. The minimum Gasteiger partial charge on any atom is -0.459 e. The summed E-state index contributed by atoms with van der Waals surface area (Å²) < 4.78 is 5.71. The Bertz CT molecular complexity index is 480. The third-order valence-electron chi connectivity index (χ3n) is 4.73. The summed E-state index contributed by atoms with van der Waals surface area (Å²) in [7, 11) is 0. The molecule has 0 spiro atoms. The molecule has 130 valence electrons. The maximum absolute atomic E-state index is 12.1. The summed E-state index contributed by atoms with van der Waals surface area (Å²) in [6.45, 7) is 12.7. The van der Waals surface area contributed by atoms with Gasteiger partial charge < -0.3 is 4.74 Å². The molecule has 1 aliphatic heterocycles. The van der Waals surface area contributed by atoms with Crippen LogP contribution in [0.3, 0.4) is 0 Å². The zero-order valence-corrected chi connectivity index (χ0v) is 15.8. The van der Waals surface area contributed by atoms with Gasteiger partial charge in [0.15, 0.2) is 0 Å². The average Bonchev–Trinajstić information content (AvgIpc) is 2.43. The average molecular weight is 319 g/mol. The zero-order valence-electron chi connectivity index (χ0n) is 15.8. The highest BCUT2D eigenvalue weighted by Gasteiger charge is 2.28. The molecule has 1 heterocycles. The van der Waals surface area contributed by atoms with Gasteiger partial charge in [-0.15, -0.1) is 0 Å². The normalized spacial score (nSPS) is 31.5. The van der Waals surface area contributed by atoms with E-state index in [1.54, 1.807) is 0 Å². The number of allylic oxidation sites excluding steroid dienone is 5. The molecule has 0 aromatic heterocycles. The molecule has 0 amide bonds. The van der Waals surface area contributed by atoms with Gasteiger partial charge in [0.2, 0.25) is 0 Å². The lowest BCUT2D eigenvalue weighted by molar-refractivity contribution is -0.159. The van der Waals surface area contributed by atoms with E-state index in [1.165, 1.54) is 11.1 Å². The number of ether oxygens (including phenoxy) is 1. The maximum atomic E-state index is 12.1. The molecule has 0 saturated heterocycles. The van der Waals surface area contributed by atoms with Gasteiger partial charge in [0.25, 0.3) is 0 Å². The molecule has 0 bridgehead atoms. The summed E-state index contributed by atoms with van der Waals surface area (Å²) in [5, 5.41) is 0. The number of hydrogen-bond donors (Lipinski definition) is 0. The van der Waals surface area contributed by atoms with E-state index in [1.807, 2.05) is 13.8 Å². The second-order valence-electron chi connectivity index (χ2n) is 7.61. The van der Waals surface area contributed by atoms with Gasteiger partial charge in [0, 0.05) is 12.3 Å². The highest BCUT2D eigenvalue weighted by atomic mass is 16.6. The van der Waals surface area contributed by atoms with Crippen molar-refractivity contribution in [1.29, 1.82) is 0 Å². The highest BCUT2D eigenvalue weighted by molar-refractivity contribution is 5.70. The summed E-state index contributed by atoms with van der Waals surface area (Å²) in [5.74, 6) is 0.648. The molecule has 0 fully saturated rings. The Morgan fingerprint density at radius 3 is 2.48 bits per heavy atom. The first-order valence-corrected chi connectivity index (χ1v) is 8.92. The van der Waals surface area contributed by atoms with E-state index in [0.717, 1.165) is 25.7 Å². The van der Waals surface area contributed by atoms with Crippen molar-refractivity contribution in [2.45, 2.75) is 79.2 Å². The Kier molecular flexibility index (Phi) is 7.81. The van der Waals surface area contributed by atoms with Crippen molar-refractivity contribution in [3.63, 3.8) is 0 Å². The molecule has 2 heteroatoms. The number of rotatable bonds is 0. The Labute approximate surface area is 142 Å².